The normalized spacial score (nSPS) is 14.0. The maximum atomic E-state index is 14.7. The molecule has 3 heterocycles. The Balaban J connectivity index is 1.69. The lowest BCUT2D eigenvalue weighted by Gasteiger charge is -2.29. The fraction of sp³-hybridized carbons (Fsp3) is 0.259. The van der Waals surface area contributed by atoms with Crippen LogP contribution in [0.15, 0.2) is 59.9 Å². The van der Waals surface area contributed by atoms with Crippen molar-refractivity contribution in [1.29, 1.82) is 0 Å². The summed E-state index contributed by atoms with van der Waals surface area (Å²) >= 11 is 0. The molecule has 0 unspecified atom stereocenters. The molecule has 1 aliphatic rings. The van der Waals surface area contributed by atoms with E-state index in [1.54, 1.807) is 18.2 Å². The molecule has 2 aromatic heterocycles. The molecule has 1 fully saturated rings. The molecular weight excluding hydrogens is 613 g/mol. The van der Waals surface area contributed by atoms with E-state index in [1.807, 2.05) is 0 Å². The molecule has 0 amide bonds. The number of hydrogen-bond donors (Lipinski definition) is 1. The first-order valence-corrected chi connectivity index (χ1v) is 14.4. The van der Waals surface area contributed by atoms with Crippen LogP contribution in [-0.2, 0) is 19.7 Å². The number of fused-ring (bicyclic) bond motifs is 1. The summed E-state index contributed by atoms with van der Waals surface area (Å²) < 4.78 is 95.1. The van der Waals surface area contributed by atoms with Crippen molar-refractivity contribution in [3.63, 3.8) is 0 Å². The summed E-state index contributed by atoms with van der Waals surface area (Å²) in [5.74, 6) is -5.27. The molecule has 0 aliphatic carbocycles. The van der Waals surface area contributed by atoms with Gasteiger partial charge in [-0.1, -0.05) is 10.5 Å². The van der Waals surface area contributed by atoms with Gasteiger partial charge in [-0.15, -0.1) is 0 Å². The Kier molecular flexibility index (Phi) is 8.26. The van der Waals surface area contributed by atoms with Gasteiger partial charge in [0.2, 0.25) is 0 Å². The molecule has 1 aliphatic heterocycles. The van der Waals surface area contributed by atoms with E-state index in [4.69, 9.17) is 0 Å². The van der Waals surface area contributed by atoms with Gasteiger partial charge < -0.3 is 20.0 Å². The minimum atomic E-state index is -5.63. The summed E-state index contributed by atoms with van der Waals surface area (Å²) in [6.45, 7) is 2.83. The van der Waals surface area contributed by atoms with Gasteiger partial charge in [-0.2, -0.15) is 21.6 Å². The monoisotopic (exact) mass is 637 g/mol. The third-order valence-corrected chi connectivity index (χ3v) is 8.21. The summed E-state index contributed by atoms with van der Waals surface area (Å²) in [6, 6.07) is 7.47. The van der Waals surface area contributed by atoms with Crippen LogP contribution in [0.2, 0.25) is 0 Å². The number of carbonyl (C=O) groups excluding carboxylic acids is 1. The number of nitrogens with one attached hydrogen (secondary N) is 1. The first-order chi connectivity index (χ1) is 20.8. The number of nitrogens with zero attached hydrogens (tertiary/aromatic N) is 6. The van der Waals surface area contributed by atoms with Crippen molar-refractivity contribution in [3.8, 4) is 11.1 Å². The van der Waals surface area contributed by atoms with Gasteiger partial charge in [0.05, 0.1) is 5.52 Å². The number of carbonyl (C=O) groups is 1. The lowest BCUT2D eigenvalue weighted by Crippen LogP contribution is -2.44. The Bertz CT molecular complexity index is 1830. The van der Waals surface area contributed by atoms with Gasteiger partial charge in [-0.25, -0.2) is 28.5 Å². The summed E-state index contributed by atoms with van der Waals surface area (Å²) in [4.78, 5) is 31.4. The van der Waals surface area contributed by atoms with Crippen LogP contribution in [0, 0.1) is 11.6 Å². The third-order valence-electron chi connectivity index (χ3n) is 6.62. The van der Waals surface area contributed by atoms with E-state index < -0.39 is 44.4 Å². The number of sulfonamides is 1. The smallest absolute Gasteiger partial charge is 0.361 e. The van der Waals surface area contributed by atoms with E-state index in [0.29, 0.717) is 47.5 Å². The molecule has 0 radical (unpaired) electrons. The molecule has 0 saturated carbocycles. The van der Waals surface area contributed by atoms with Crippen molar-refractivity contribution in [3.05, 3.63) is 66.6 Å². The molecule has 0 spiro atoms. The van der Waals surface area contributed by atoms with Gasteiger partial charge >= 0.3 is 12.1 Å². The first kappa shape index (κ1) is 30.8. The third kappa shape index (κ3) is 6.05. The number of anilines is 3. The van der Waals surface area contributed by atoms with Crippen LogP contribution < -0.4 is 19.6 Å². The number of aromatic nitrogens is 3. The van der Waals surface area contributed by atoms with E-state index in [2.05, 4.69) is 30.0 Å². The molecule has 44 heavy (non-hydrogen) atoms. The van der Waals surface area contributed by atoms with E-state index in [9.17, 15) is 35.2 Å². The van der Waals surface area contributed by atoms with Crippen molar-refractivity contribution < 1.29 is 40.0 Å². The average Bonchev–Trinajstić information content (AvgIpc) is 2.98. The second kappa shape index (κ2) is 11.8. The predicted molar refractivity (Wildman–Crippen MR) is 150 cm³/mol. The number of halogens is 5. The second-order valence-corrected chi connectivity index (χ2v) is 11.5. The molecule has 1 N–H and O–H groups in total. The number of piperazine rings is 1. The van der Waals surface area contributed by atoms with Gasteiger partial charge in [-0.3, -0.25) is 0 Å². The Morgan fingerprint density at radius 2 is 1.70 bits per heavy atom. The van der Waals surface area contributed by atoms with E-state index in [1.165, 1.54) is 31.5 Å². The number of alkyl halides is 3. The topological polar surface area (TPSA) is 121 Å². The largest absolute Gasteiger partial charge is 0.493 e. The molecule has 4 aromatic rings. The van der Waals surface area contributed by atoms with Gasteiger partial charge in [-0.05, 0) is 35.9 Å². The van der Waals surface area contributed by atoms with Crippen LogP contribution >= 0.6 is 0 Å². The van der Waals surface area contributed by atoms with Crippen LogP contribution in [0.1, 0.15) is 0 Å². The Hall–Kier alpha value is -4.64. The van der Waals surface area contributed by atoms with Crippen LogP contribution in [0.5, 0.6) is 0 Å². The quantitative estimate of drug-likeness (QED) is 0.238. The zero-order valence-electron chi connectivity index (χ0n) is 23.1. The molecule has 11 nitrogen and oxygen atoms in total. The first-order valence-electron chi connectivity index (χ1n) is 12.9. The Morgan fingerprint density at radius 1 is 0.977 bits per heavy atom. The molecule has 17 heteroatoms. The van der Waals surface area contributed by atoms with Crippen LogP contribution in [0.4, 0.5) is 39.3 Å². The van der Waals surface area contributed by atoms with Crippen molar-refractivity contribution in [1.82, 2.24) is 20.3 Å². The predicted octanol–water partition coefficient (Wildman–Crippen LogP) is 3.66. The van der Waals surface area contributed by atoms with E-state index in [-0.39, 0.29) is 21.9 Å². The molecule has 232 valence electrons. The Labute approximate surface area is 247 Å². The van der Waals surface area contributed by atoms with Crippen molar-refractivity contribution in [2.75, 3.05) is 54.5 Å². The number of hydrogen-bond acceptors (Lipinski definition) is 10. The molecule has 0 atom stereocenters. The molecule has 0 bridgehead atoms. The van der Waals surface area contributed by atoms with Crippen LogP contribution in [0.3, 0.4) is 0 Å². The van der Waals surface area contributed by atoms with Gasteiger partial charge in [0.1, 0.15) is 34.4 Å². The lowest BCUT2D eigenvalue weighted by molar-refractivity contribution is -0.199. The summed E-state index contributed by atoms with van der Waals surface area (Å²) in [5, 5.41) is 3.90. The van der Waals surface area contributed by atoms with E-state index >= 15 is 0 Å². The van der Waals surface area contributed by atoms with Gasteiger partial charge in [0, 0.05) is 63.5 Å². The summed E-state index contributed by atoms with van der Waals surface area (Å²) in [5.41, 5.74) is 0.590. The summed E-state index contributed by atoms with van der Waals surface area (Å²) in [7, 11) is -2.60. The van der Waals surface area contributed by atoms with Gasteiger partial charge in [0.25, 0.3) is 10.0 Å². The van der Waals surface area contributed by atoms with Crippen molar-refractivity contribution >= 4 is 44.2 Å². The maximum Gasteiger partial charge on any atom is 0.493 e. The average molecular weight is 638 g/mol. The highest BCUT2D eigenvalue weighted by Crippen LogP contribution is 2.37. The zero-order valence-corrected chi connectivity index (χ0v) is 24.0. The summed E-state index contributed by atoms with van der Waals surface area (Å²) in [6.07, 6.45) is -2.86. The highest BCUT2D eigenvalue weighted by Gasteiger charge is 2.46. The lowest BCUT2D eigenvalue weighted by atomic mass is 10.0. The zero-order chi connectivity index (χ0) is 31.8. The minimum absolute atomic E-state index is 0.199. The Morgan fingerprint density at radius 3 is 2.36 bits per heavy atom. The highest BCUT2D eigenvalue weighted by molar-refractivity contribution is 7.92. The number of rotatable bonds is 7. The molecule has 5 rings (SSSR count). The standard InChI is InChI=1S/C27H24F5N7O4S/c1-37(2)25-22(39(43-26(40)27(30,31)32)44(41,42)23-6-4-18(28)13-20(23)29)12-17(14-34-25)16-3-5-21-19(11-16)24(36-15-35-21)38-9-7-33-8-10-38/h3-6,11-15,33H,7-10H2,1-2H3. The highest BCUT2D eigenvalue weighted by atomic mass is 32.2. The van der Waals surface area contributed by atoms with E-state index in [0.717, 1.165) is 19.2 Å². The molecule has 1 saturated heterocycles. The van der Waals surface area contributed by atoms with Crippen LogP contribution in [-0.4, -0.2) is 75.8 Å². The van der Waals surface area contributed by atoms with Crippen LogP contribution in [0.25, 0.3) is 22.0 Å². The molecular formula is C27H24F5N7O4S. The van der Waals surface area contributed by atoms with Gasteiger partial charge in [0.15, 0.2) is 5.82 Å². The second-order valence-electron chi connectivity index (χ2n) is 9.81. The fourth-order valence-electron chi connectivity index (χ4n) is 4.56. The molecule has 2 aromatic carbocycles. The maximum absolute atomic E-state index is 14.7. The SMILES string of the molecule is CN(C)c1ncc(-c2ccc3ncnc(N4CCNCC4)c3c2)cc1N(OC(=O)C(F)(F)F)S(=O)(=O)c1ccc(F)cc1F. The fourth-order valence-corrected chi connectivity index (χ4v) is 5.85. The number of pyridine rings is 1. The number of benzene rings is 2. The van der Waals surface area contributed by atoms with Crippen molar-refractivity contribution in [2.24, 2.45) is 0 Å². The minimum Gasteiger partial charge on any atom is -0.361 e. The van der Waals surface area contributed by atoms with Crippen molar-refractivity contribution in [2.45, 2.75) is 11.1 Å².